The Bertz CT molecular complexity index is 246. The molecule has 0 amide bonds. The van der Waals surface area contributed by atoms with Crippen molar-refractivity contribution in [2.75, 3.05) is 13.2 Å². The summed E-state index contributed by atoms with van der Waals surface area (Å²) >= 11 is 0. The molecule has 0 spiro atoms. The van der Waals surface area contributed by atoms with Crippen molar-refractivity contribution in [1.82, 2.24) is 0 Å². The first-order chi connectivity index (χ1) is 5.38. The molecule has 0 saturated heterocycles. The van der Waals surface area contributed by atoms with Gasteiger partial charge in [0, 0.05) is 0 Å². The van der Waals surface area contributed by atoms with Gasteiger partial charge in [0.15, 0.2) is 0 Å². The van der Waals surface area contributed by atoms with Crippen molar-refractivity contribution in [2.45, 2.75) is 12.8 Å². The van der Waals surface area contributed by atoms with Gasteiger partial charge < -0.3 is 4.74 Å². The summed E-state index contributed by atoms with van der Waals surface area (Å²) < 4.78 is 5.36. The largest absolute Gasteiger partial charge is 0.376 e. The Morgan fingerprint density at radius 3 is 3.18 bits per heavy atom. The first kappa shape index (κ1) is 6.86. The highest BCUT2D eigenvalue weighted by atomic mass is 16.5. The maximum absolute atomic E-state index is 5.36. The number of hydrogen-bond acceptors (Lipinski definition) is 1. The summed E-state index contributed by atoms with van der Waals surface area (Å²) in [7, 11) is 0. The molecule has 0 aromatic carbocycles. The molecule has 1 nitrogen and oxygen atoms in total. The Kier molecular flexibility index (Phi) is 1.66. The van der Waals surface area contributed by atoms with E-state index in [1.165, 1.54) is 11.1 Å². The maximum Gasteiger partial charge on any atom is 0.0722 e. The molecule has 0 aromatic rings. The molecule has 0 atom stereocenters. The van der Waals surface area contributed by atoms with Gasteiger partial charge in [-0.2, -0.15) is 0 Å². The van der Waals surface area contributed by atoms with Gasteiger partial charge in [0.2, 0.25) is 0 Å². The summed E-state index contributed by atoms with van der Waals surface area (Å²) in [6.07, 6.45) is 6.48. The van der Waals surface area contributed by atoms with Crippen LogP contribution in [0.4, 0.5) is 0 Å². The van der Waals surface area contributed by atoms with E-state index in [1.54, 1.807) is 0 Å². The monoisotopic (exact) mass is 148 g/mol. The molecule has 2 rings (SSSR count). The lowest BCUT2D eigenvalue weighted by molar-refractivity contribution is 0.147. The quantitative estimate of drug-likeness (QED) is 0.512. The van der Waals surface area contributed by atoms with Crippen LogP contribution in [-0.4, -0.2) is 13.2 Å². The van der Waals surface area contributed by atoms with Crippen LogP contribution in [0.3, 0.4) is 0 Å². The molecule has 0 N–H and O–H groups in total. The van der Waals surface area contributed by atoms with E-state index >= 15 is 0 Å². The van der Waals surface area contributed by atoms with Crippen LogP contribution in [-0.2, 0) is 4.74 Å². The van der Waals surface area contributed by atoms with Gasteiger partial charge in [-0.15, -0.1) is 0 Å². The van der Waals surface area contributed by atoms with Gasteiger partial charge in [0.05, 0.1) is 13.2 Å². The molecule has 1 aliphatic carbocycles. The highest BCUT2D eigenvalue weighted by Gasteiger charge is 2.15. The summed E-state index contributed by atoms with van der Waals surface area (Å²) in [5, 5.41) is 0. The number of rotatable bonds is 0. The molecule has 0 radical (unpaired) electrons. The molecule has 2 aliphatic rings. The molecule has 0 aromatic heterocycles. The molecule has 1 aliphatic heterocycles. The van der Waals surface area contributed by atoms with E-state index < -0.39 is 0 Å². The van der Waals surface area contributed by atoms with Crippen molar-refractivity contribution >= 4 is 0 Å². The third-order valence-electron chi connectivity index (χ3n) is 2.29. The van der Waals surface area contributed by atoms with Crippen molar-refractivity contribution in [3.63, 3.8) is 0 Å². The van der Waals surface area contributed by atoms with Crippen molar-refractivity contribution in [3.8, 4) is 0 Å². The maximum atomic E-state index is 5.36. The van der Waals surface area contributed by atoms with E-state index in [1.807, 2.05) is 0 Å². The highest BCUT2D eigenvalue weighted by molar-refractivity contribution is 5.46. The molecular weight excluding hydrogens is 136 g/mol. The van der Waals surface area contributed by atoms with Gasteiger partial charge in [0.1, 0.15) is 0 Å². The van der Waals surface area contributed by atoms with E-state index in [4.69, 9.17) is 4.74 Å². The predicted molar refractivity (Wildman–Crippen MR) is 45.4 cm³/mol. The lowest BCUT2D eigenvalue weighted by atomic mass is 9.91. The first-order valence-corrected chi connectivity index (χ1v) is 4.02. The smallest absolute Gasteiger partial charge is 0.0722 e. The molecule has 58 valence electrons. The minimum atomic E-state index is 0.776. The van der Waals surface area contributed by atoms with Crippen LogP contribution in [0.25, 0.3) is 0 Å². The van der Waals surface area contributed by atoms with Crippen LogP contribution in [0.2, 0.25) is 0 Å². The third-order valence-corrected chi connectivity index (χ3v) is 2.29. The molecule has 1 heteroatoms. The SMILES string of the molecule is C=C1C=CCC2=C1COCC2. The highest BCUT2D eigenvalue weighted by Crippen LogP contribution is 2.28. The first-order valence-electron chi connectivity index (χ1n) is 4.02. The Morgan fingerprint density at radius 1 is 1.45 bits per heavy atom. The summed E-state index contributed by atoms with van der Waals surface area (Å²) in [6, 6.07) is 0. The number of allylic oxidation sites excluding steroid dienone is 2. The Morgan fingerprint density at radius 2 is 2.36 bits per heavy atom. The fraction of sp³-hybridized carbons (Fsp3) is 0.400. The van der Waals surface area contributed by atoms with Gasteiger partial charge in [-0.1, -0.05) is 24.3 Å². The van der Waals surface area contributed by atoms with Gasteiger partial charge in [0.25, 0.3) is 0 Å². The second-order valence-corrected chi connectivity index (χ2v) is 3.02. The third kappa shape index (κ3) is 1.16. The van der Waals surface area contributed by atoms with Crippen LogP contribution >= 0.6 is 0 Å². The number of ether oxygens (including phenoxy) is 1. The second kappa shape index (κ2) is 2.67. The minimum absolute atomic E-state index is 0.776. The zero-order valence-corrected chi connectivity index (χ0v) is 6.60. The molecule has 0 unspecified atom stereocenters. The second-order valence-electron chi connectivity index (χ2n) is 3.02. The zero-order valence-electron chi connectivity index (χ0n) is 6.60. The molecule has 0 saturated carbocycles. The van der Waals surface area contributed by atoms with Crippen LogP contribution < -0.4 is 0 Å². The molecular formula is C10H12O. The van der Waals surface area contributed by atoms with Crippen LogP contribution in [0.15, 0.2) is 35.5 Å². The van der Waals surface area contributed by atoms with Crippen LogP contribution in [0, 0.1) is 0 Å². The fourth-order valence-corrected chi connectivity index (χ4v) is 1.61. The van der Waals surface area contributed by atoms with E-state index in [-0.39, 0.29) is 0 Å². The van der Waals surface area contributed by atoms with Gasteiger partial charge in [-0.05, 0) is 24.0 Å². The predicted octanol–water partition coefficient (Wildman–Crippen LogP) is 2.22. The number of hydrogen-bond donors (Lipinski definition) is 0. The summed E-state index contributed by atoms with van der Waals surface area (Å²) in [5.74, 6) is 0. The van der Waals surface area contributed by atoms with Crippen molar-refractivity contribution in [2.24, 2.45) is 0 Å². The van der Waals surface area contributed by atoms with Crippen molar-refractivity contribution in [3.05, 3.63) is 35.5 Å². The van der Waals surface area contributed by atoms with E-state index in [0.717, 1.165) is 31.6 Å². The van der Waals surface area contributed by atoms with Crippen LogP contribution in [0.5, 0.6) is 0 Å². The average molecular weight is 148 g/mol. The zero-order chi connectivity index (χ0) is 7.68. The Balaban J connectivity index is 2.30. The van der Waals surface area contributed by atoms with Crippen molar-refractivity contribution < 1.29 is 4.74 Å². The molecule has 1 heterocycles. The summed E-state index contributed by atoms with van der Waals surface area (Å²) in [6.45, 7) is 5.64. The van der Waals surface area contributed by atoms with E-state index in [9.17, 15) is 0 Å². The molecule has 0 bridgehead atoms. The normalized spacial score (nSPS) is 23.8. The summed E-state index contributed by atoms with van der Waals surface area (Å²) in [5.41, 5.74) is 4.02. The standard InChI is InChI=1S/C10H12O/c1-8-3-2-4-9-5-6-11-7-10(8)9/h2-3H,1,4-7H2. The average Bonchev–Trinajstić information content (AvgIpc) is 2.06. The summed E-state index contributed by atoms with van der Waals surface area (Å²) in [4.78, 5) is 0. The Labute approximate surface area is 67.1 Å². The molecule has 11 heavy (non-hydrogen) atoms. The van der Waals surface area contributed by atoms with Gasteiger partial charge >= 0.3 is 0 Å². The fourth-order valence-electron chi connectivity index (χ4n) is 1.61. The lowest BCUT2D eigenvalue weighted by Gasteiger charge is -2.23. The Hall–Kier alpha value is -0.820. The topological polar surface area (TPSA) is 9.23 Å². The van der Waals surface area contributed by atoms with Crippen LogP contribution in [0.1, 0.15) is 12.8 Å². The van der Waals surface area contributed by atoms with E-state index in [0.29, 0.717) is 0 Å². The van der Waals surface area contributed by atoms with E-state index in [2.05, 4.69) is 18.7 Å². The van der Waals surface area contributed by atoms with Gasteiger partial charge in [-0.25, -0.2) is 0 Å². The minimum Gasteiger partial charge on any atom is -0.376 e. The van der Waals surface area contributed by atoms with Crippen molar-refractivity contribution in [1.29, 1.82) is 0 Å². The van der Waals surface area contributed by atoms with Gasteiger partial charge in [-0.3, -0.25) is 0 Å². The lowest BCUT2D eigenvalue weighted by Crippen LogP contribution is -2.13. The molecule has 0 fully saturated rings.